The molecule has 7 N–H and O–H groups in total. The zero-order valence-corrected chi connectivity index (χ0v) is 86.4. The molecule has 0 amide bonds. The van der Waals surface area contributed by atoms with Gasteiger partial charge in [0.15, 0.2) is 31.2 Å². The molecule has 1 saturated carbocycles. The quantitative estimate of drug-likeness (QED) is 0.0295. The molecule has 11 heterocycles. The molecule has 1 saturated heterocycles. The van der Waals surface area contributed by atoms with Gasteiger partial charge in [0.2, 0.25) is 30.1 Å². The van der Waals surface area contributed by atoms with E-state index < -0.39 is 66.9 Å². The Morgan fingerprint density at radius 1 is 0.385 bits per heavy atom. The van der Waals surface area contributed by atoms with E-state index in [-0.39, 0.29) is 65.9 Å². The van der Waals surface area contributed by atoms with Crippen molar-refractivity contribution in [3.8, 4) is 102 Å². The van der Waals surface area contributed by atoms with Crippen LogP contribution < -0.4 is 65.6 Å². The predicted octanol–water partition coefficient (Wildman–Crippen LogP) is 17.8. The van der Waals surface area contributed by atoms with Gasteiger partial charge in [-0.2, -0.15) is 0 Å². The fraction of sp³-hybridized carbons (Fsp3) is 0.217. The standard InChI is InChI=1S/C24H23F2N3O4S.C22H21N3O4S.C21H18FN3O4S.C20H22N2O5S.C19H20N2O4S/c1-14-11-19(29-10-9-27-23(30)22(14)29)17-13-16(34(31,32)28-24(2,3)4)6-8-20(17)33-21-7-5-15(25)12-18(21)26;1-15-13-19(25-12-11-24(2)22(26)21(15)25)18-14-16(23-30(3,27)28)9-10-20(18)29-17-7-5-4-6-8-17;1-13-11-18(25-10-9-23-21(26)20(13)25)17-12-15(24-30(2,27)28)5-8-19(17)29-16-6-3-14(22)4-7-16;1-13-11-17(22-8-7-21-20(23)19(13)22)16-12-15(28(2,24)25)3-4-18(16)27-14-5-9-26-10-6-14;1-12-9-16(21-8-7-20-19(22)18(12)21)15-10-14(26(2,23)24)5-6-17(15)25-11-13-3-4-13/h5-13,28H,1-4H3,(H,27,30);4-14,23H,1-3H3;3-12,24H,1-2H3,(H,23,26);3-4,7-8,11-12,14H,5-6,9-10H2,1-2H3,(H,21,23);5-10,13H,3-4,11H2,1-2H3,(H,20,22). The first kappa shape index (κ1) is 105. The van der Waals surface area contributed by atoms with Crippen LogP contribution in [0.2, 0.25) is 0 Å². The van der Waals surface area contributed by atoms with E-state index in [0.29, 0.717) is 156 Å². The van der Waals surface area contributed by atoms with Gasteiger partial charge in [0.25, 0.3) is 27.8 Å². The van der Waals surface area contributed by atoms with Crippen molar-refractivity contribution in [3.63, 3.8) is 0 Å². The fourth-order valence-electron chi connectivity index (χ4n) is 17.0. The molecule has 8 aromatic carbocycles. The maximum Gasteiger partial charge on any atom is 0.274 e. The van der Waals surface area contributed by atoms with Crippen molar-refractivity contribution in [2.75, 3.05) is 54.3 Å². The smallest absolute Gasteiger partial charge is 0.274 e. The van der Waals surface area contributed by atoms with Crippen molar-refractivity contribution < 1.29 is 83.7 Å². The van der Waals surface area contributed by atoms with Crippen molar-refractivity contribution >= 4 is 88.7 Å². The topological polar surface area (TPSA) is 438 Å². The first-order chi connectivity index (χ1) is 70.0. The maximum absolute atomic E-state index is 14.3. The van der Waals surface area contributed by atoms with Crippen LogP contribution in [0.5, 0.6) is 46.0 Å². The Morgan fingerprint density at radius 2 is 0.750 bits per heavy atom. The molecule has 18 aromatic rings. The molecule has 2 aliphatic rings. The average Bonchev–Trinajstić information content (AvgIpc) is 1.61. The molecule has 148 heavy (non-hydrogen) atoms. The van der Waals surface area contributed by atoms with Gasteiger partial charge in [-0.25, -0.2) is 60.0 Å². The molecule has 0 bridgehead atoms. The van der Waals surface area contributed by atoms with Crippen molar-refractivity contribution in [2.24, 2.45) is 13.0 Å². The molecule has 2 fully saturated rings. The third-order valence-corrected chi connectivity index (χ3v) is 29.1. The Morgan fingerprint density at radius 3 is 1.18 bits per heavy atom. The van der Waals surface area contributed by atoms with Crippen molar-refractivity contribution in [2.45, 2.75) is 107 Å². The zero-order valence-electron chi connectivity index (χ0n) is 82.3. The highest BCUT2D eigenvalue weighted by Crippen LogP contribution is 2.44. The number of sulfonamides is 3. The number of hydrogen-bond donors (Lipinski definition) is 7. The number of rotatable bonds is 24. The highest BCUT2D eigenvalue weighted by molar-refractivity contribution is 7.92. The van der Waals surface area contributed by atoms with Gasteiger partial charge in [-0.1, -0.05) is 18.2 Å². The molecule has 0 spiro atoms. The Hall–Kier alpha value is -15.7. The molecule has 1 aliphatic heterocycles. The summed E-state index contributed by atoms with van der Waals surface area (Å²) in [5, 5.41) is 0. The van der Waals surface area contributed by atoms with Gasteiger partial charge in [-0.05, 0) is 272 Å². The molecular formula is C106H104F3N13O21S5. The van der Waals surface area contributed by atoms with Crippen LogP contribution in [0.1, 0.15) is 74.3 Å². The molecule has 20 rings (SSSR count). The summed E-state index contributed by atoms with van der Waals surface area (Å²) in [4.78, 5) is 72.7. The van der Waals surface area contributed by atoms with E-state index >= 15 is 0 Å². The van der Waals surface area contributed by atoms with Crippen LogP contribution in [0.3, 0.4) is 0 Å². The lowest BCUT2D eigenvalue weighted by Crippen LogP contribution is -2.40. The summed E-state index contributed by atoms with van der Waals surface area (Å²) in [7, 11) is -15.9. The highest BCUT2D eigenvalue weighted by atomic mass is 32.2. The SMILES string of the molecule is Cc1cc(-c2cc(NS(C)(=O)=O)ccc2Oc2ccc(F)cc2)n2cc[nH]c(=O)c12.Cc1cc(-c2cc(NS(C)(=O)=O)ccc2Oc2ccccc2)n2ccn(C)c(=O)c12.Cc1cc(-c2cc(S(=O)(=O)NC(C)(C)C)ccc2Oc2ccc(F)cc2F)n2cc[nH]c(=O)c12.Cc1cc(-c2cc(S(C)(=O)=O)ccc2OC2CCOCC2)n2cc[nH]c(=O)c12.Cc1cc(-c2cc(S(C)(=O)=O)ccc2OCC2CC2)n2cc[nH]c(=O)c12. The second-order valence-corrected chi connectivity index (χ2v) is 46.1. The molecular weight excluding hydrogens is 2010 g/mol. The van der Waals surface area contributed by atoms with Gasteiger partial charge in [0.1, 0.15) is 85.6 Å². The summed E-state index contributed by atoms with van der Waals surface area (Å²) in [5.41, 5.74) is 11.4. The predicted molar refractivity (Wildman–Crippen MR) is 561 cm³/mol. The molecule has 42 heteroatoms. The van der Waals surface area contributed by atoms with Crippen molar-refractivity contribution in [3.05, 3.63) is 353 Å². The van der Waals surface area contributed by atoms with Crippen molar-refractivity contribution in [1.29, 1.82) is 0 Å². The number of H-pyrrole nitrogens is 4. The Kier molecular flexibility index (Phi) is 30.1. The van der Waals surface area contributed by atoms with Gasteiger partial charge in [-0.3, -0.25) is 33.4 Å². The minimum Gasteiger partial charge on any atom is -0.493 e. The number of aryl methyl sites for hydroxylation is 6. The first-order valence-corrected chi connectivity index (χ1v) is 55.3. The van der Waals surface area contributed by atoms with Gasteiger partial charge in [0, 0.05) is 145 Å². The number of aromatic nitrogens is 10. The molecule has 770 valence electrons. The minimum atomic E-state index is -3.91. The molecule has 0 atom stereocenters. The minimum absolute atomic E-state index is 0.00677. The second kappa shape index (κ2) is 42.4. The number of hydrogen-bond acceptors (Lipinski definition) is 21. The van der Waals surface area contributed by atoms with E-state index in [1.807, 2.05) is 88.5 Å². The number of para-hydroxylation sites is 1. The molecule has 0 unspecified atom stereocenters. The van der Waals surface area contributed by atoms with Crippen LogP contribution >= 0.6 is 0 Å². The largest absolute Gasteiger partial charge is 0.493 e. The summed E-state index contributed by atoms with van der Waals surface area (Å²) in [5.74, 6) is 1.66. The Balaban J connectivity index is 0.000000132. The van der Waals surface area contributed by atoms with E-state index in [1.165, 1.54) is 84.8 Å². The lowest BCUT2D eigenvalue weighted by Gasteiger charge is -2.24. The summed E-state index contributed by atoms with van der Waals surface area (Å²) < 4.78 is 215. The van der Waals surface area contributed by atoms with Crippen LogP contribution in [0.4, 0.5) is 24.5 Å². The van der Waals surface area contributed by atoms with Gasteiger partial charge in [0.05, 0.1) is 75.5 Å². The van der Waals surface area contributed by atoms with Crippen LogP contribution in [-0.2, 0) is 61.5 Å². The lowest BCUT2D eigenvalue weighted by atomic mass is 10.1. The van der Waals surface area contributed by atoms with Gasteiger partial charge < -0.3 is 74.9 Å². The van der Waals surface area contributed by atoms with Crippen LogP contribution in [0, 0.1) is 58.0 Å². The lowest BCUT2D eigenvalue weighted by molar-refractivity contribution is 0.0257. The number of halogens is 3. The summed E-state index contributed by atoms with van der Waals surface area (Å²) in [6.07, 6.45) is 24.9. The van der Waals surface area contributed by atoms with Crippen LogP contribution in [-0.4, -0.2) is 145 Å². The first-order valence-electron chi connectivity index (χ1n) is 46.2. The zero-order chi connectivity index (χ0) is 106. The number of anilines is 2. The van der Waals surface area contributed by atoms with E-state index in [1.54, 1.807) is 179 Å². The van der Waals surface area contributed by atoms with E-state index in [0.717, 1.165) is 71.1 Å². The number of sulfone groups is 2. The fourth-order valence-corrected chi connectivity index (χ4v) is 20.9. The third kappa shape index (κ3) is 24.3. The number of ether oxygens (including phenoxy) is 6. The van der Waals surface area contributed by atoms with E-state index in [4.69, 9.17) is 28.4 Å². The van der Waals surface area contributed by atoms with Gasteiger partial charge in [-0.15, -0.1) is 0 Å². The normalized spacial score (nSPS) is 13.1. The monoisotopic (exact) mass is 2110 g/mol. The summed E-state index contributed by atoms with van der Waals surface area (Å²) in [6, 6.07) is 50.7. The highest BCUT2D eigenvalue weighted by Gasteiger charge is 2.30. The van der Waals surface area contributed by atoms with Crippen LogP contribution in [0.15, 0.2) is 295 Å². The Labute approximate surface area is 848 Å². The average molecular weight is 2110 g/mol. The number of nitrogens with zero attached hydrogens (tertiary/aromatic N) is 6. The Bertz CT molecular complexity index is 9150. The second-order valence-electron chi connectivity index (χ2n) is 36.9. The molecule has 1 aliphatic carbocycles. The van der Waals surface area contributed by atoms with E-state index in [9.17, 15) is 79.2 Å². The van der Waals surface area contributed by atoms with Crippen molar-refractivity contribution in [1.82, 2.24) is 51.2 Å². The molecule has 10 aromatic heterocycles. The number of fused-ring (bicyclic) bond motifs is 5. The third-order valence-electron chi connectivity index (χ3n) is 23.9. The summed E-state index contributed by atoms with van der Waals surface area (Å²) in [6.45, 7) is 16.2. The number of aromatic amines is 4. The van der Waals surface area contributed by atoms with Gasteiger partial charge >= 0.3 is 0 Å². The number of benzene rings is 8. The summed E-state index contributed by atoms with van der Waals surface area (Å²) >= 11 is 0. The van der Waals surface area contributed by atoms with Crippen LogP contribution in [0.25, 0.3) is 83.9 Å². The molecule has 0 radical (unpaired) electrons. The molecule has 34 nitrogen and oxygen atoms in total. The van der Waals surface area contributed by atoms with E-state index in [2.05, 4.69) is 34.1 Å². The number of nitrogens with one attached hydrogen (secondary N) is 7. The maximum atomic E-state index is 14.3.